The third-order valence-corrected chi connectivity index (χ3v) is 1.44. The van der Waals surface area contributed by atoms with E-state index < -0.39 is 18.3 Å². The van der Waals surface area contributed by atoms with Crippen LogP contribution in [0.4, 0.5) is 0 Å². The van der Waals surface area contributed by atoms with E-state index >= 15 is 0 Å². The van der Waals surface area contributed by atoms with Crippen molar-refractivity contribution in [3.8, 4) is 0 Å². The van der Waals surface area contributed by atoms with Gasteiger partial charge in [-0.15, -0.1) is 0 Å². The highest BCUT2D eigenvalue weighted by Crippen LogP contribution is 2.03. The van der Waals surface area contributed by atoms with Crippen molar-refractivity contribution in [2.75, 3.05) is 13.2 Å². The number of aliphatic hydroxyl groups is 3. The van der Waals surface area contributed by atoms with Crippen LogP contribution in [0.5, 0.6) is 0 Å². The Bertz CT molecular complexity index is 94.4. The second-order valence-corrected chi connectivity index (χ2v) is 2.41. The summed E-state index contributed by atoms with van der Waals surface area (Å²) in [6.07, 6.45) is -2.57. The van der Waals surface area contributed by atoms with E-state index in [9.17, 15) is 5.11 Å². The Morgan fingerprint density at radius 2 is 1.91 bits per heavy atom. The molecule has 0 aliphatic heterocycles. The first-order chi connectivity index (χ1) is 5.13. The van der Waals surface area contributed by atoms with E-state index in [0.29, 0.717) is 6.61 Å². The normalized spacial score (nSPS) is 19.4. The van der Waals surface area contributed by atoms with Crippen LogP contribution in [-0.4, -0.2) is 46.8 Å². The van der Waals surface area contributed by atoms with Crippen LogP contribution in [0.2, 0.25) is 0 Å². The smallest absolute Gasteiger partial charge is 0.109 e. The number of aliphatic hydroxyl groups excluding tert-OH is 3. The summed E-state index contributed by atoms with van der Waals surface area (Å²) in [7, 11) is 0. The van der Waals surface area contributed by atoms with Crippen LogP contribution in [0.1, 0.15) is 13.8 Å². The number of hydrogen-bond acceptors (Lipinski definition) is 4. The van der Waals surface area contributed by atoms with E-state index in [4.69, 9.17) is 14.9 Å². The molecule has 0 aliphatic carbocycles. The summed E-state index contributed by atoms with van der Waals surface area (Å²) < 4.78 is 4.95. The minimum atomic E-state index is -1.01. The summed E-state index contributed by atoms with van der Waals surface area (Å²) in [6.45, 7) is 3.35. The molecule has 0 amide bonds. The molecule has 0 saturated carbocycles. The molecule has 0 aliphatic rings. The number of hydrogen-bond donors (Lipinski definition) is 3. The molecule has 0 aromatic rings. The predicted octanol–water partition coefficient (Wildman–Crippen LogP) is -0.875. The molecule has 0 fully saturated rings. The Balaban J connectivity index is 3.81. The fourth-order valence-electron chi connectivity index (χ4n) is 0.784. The second-order valence-electron chi connectivity index (χ2n) is 2.41. The lowest BCUT2D eigenvalue weighted by molar-refractivity contribution is -0.0992. The molecule has 4 heteroatoms. The van der Waals surface area contributed by atoms with Gasteiger partial charge < -0.3 is 20.1 Å². The monoisotopic (exact) mass is 164 g/mol. The lowest BCUT2D eigenvalue weighted by atomic mass is 10.1. The van der Waals surface area contributed by atoms with Gasteiger partial charge in [-0.2, -0.15) is 0 Å². The minimum Gasteiger partial charge on any atom is -0.394 e. The molecule has 0 aromatic heterocycles. The number of rotatable bonds is 5. The van der Waals surface area contributed by atoms with Gasteiger partial charge in [-0.1, -0.05) is 0 Å². The van der Waals surface area contributed by atoms with Crippen molar-refractivity contribution >= 4 is 0 Å². The van der Waals surface area contributed by atoms with Crippen molar-refractivity contribution in [3.63, 3.8) is 0 Å². The zero-order chi connectivity index (χ0) is 8.85. The molecule has 0 bridgehead atoms. The maximum absolute atomic E-state index is 9.18. The fourth-order valence-corrected chi connectivity index (χ4v) is 0.784. The lowest BCUT2D eigenvalue weighted by Gasteiger charge is -2.22. The summed E-state index contributed by atoms with van der Waals surface area (Å²) >= 11 is 0. The average Bonchev–Trinajstić information content (AvgIpc) is 1.98. The average molecular weight is 164 g/mol. The minimum absolute atomic E-state index is 0.278. The zero-order valence-electron chi connectivity index (χ0n) is 6.90. The van der Waals surface area contributed by atoms with Crippen molar-refractivity contribution < 1.29 is 20.1 Å². The topological polar surface area (TPSA) is 69.9 Å². The molecule has 0 rings (SSSR count). The number of ether oxygens (including phenoxy) is 1. The molecule has 68 valence electrons. The first-order valence-corrected chi connectivity index (χ1v) is 3.72. The van der Waals surface area contributed by atoms with Gasteiger partial charge in [0, 0.05) is 6.61 Å². The Morgan fingerprint density at radius 3 is 2.18 bits per heavy atom. The molecular weight excluding hydrogens is 148 g/mol. The van der Waals surface area contributed by atoms with Crippen molar-refractivity contribution in [1.29, 1.82) is 0 Å². The van der Waals surface area contributed by atoms with Gasteiger partial charge in [0.1, 0.15) is 12.2 Å². The first kappa shape index (κ1) is 10.8. The molecule has 0 radical (unpaired) electrons. The molecule has 0 aromatic carbocycles. The van der Waals surface area contributed by atoms with Crippen molar-refractivity contribution in [3.05, 3.63) is 0 Å². The standard InChI is InChI=1S/C7H16O4/c1-3-11-6(4-8)7(10)5(2)9/h5-10H,3-4H2,1-2H3/t5-,6-,7-/m0/s1. The molecular formula is C7H16O4. The van der Waals surface area contributed by atoms with Crippen LogP contribution in [0.25, 0.3) is 0 Å². The van der Waals surface area contributed by atoms with Crippen LogP contribution in [-0.2, 0) is 4.74 Å². The van der Waals surface area contributed by atoms with Gasteiger partial charge in [0.2, 0.25) is 0 Å². The largest absolute Gasteiger partial charge is 0.394 e. The van der Waals surface area contributed by atoms with E-state index in [0.717, 1.165) is 0 Å². The maximum atomic E-state index is 9.18. The highest BCUT2D eigenvalue weighted by atomic mass is 16.5. The van der Waals surface area contributed by atoms with Crippen molar-refractivity contribution in [1.82, 2.24) is 0 Å². The van der Waals surface area contributed by atoms with E-state index in [1.807, 2.05) is 0 Å². The van der Waals surface area contributed by atoms with Crippen LogP contribution in [0, 0.1) is 0 Å². The molecule has 0 saturated heterocycles. The third kappa shape index (κ3) is 3.67. The van der Waals surface area contributed by atoms with Gasteiger partial charge >= 0.3 is 0 Å². The molecule has 0 unspecified atom stereocenters. The SMILES string of the molecule is CCO[C@@H](CO)[C@@H](O)[C@H](C)O. The molecule has 3 atom stereocenters. The highest BCUT2D eigenvalue weighted by molar-refractivity contribution is 4.72. The lowest BCUT2D eigenvalue weighted by Crippen LogP contribution is -2.39. The zero-order valence-corrected chi connectivity index (χ0v) is 6.90. The quantitative estimate of drug-likeness (QED) is 0.494. The van der Waals surface area contributed by atoms with Gasteiger partial charge in [0.25, 0.3) is 0 Å². The fraction of sp³-hybridized carbons (Fsp3) is 1.00. The van der Waals surface area contributed by atoms with Crippen molar-refractivity contribution in [2.45, 2.75) is 32.2 Å². The summed E-state index contributed by atoms with van der Waals surface area (Å²) in [5, 5.41) is 26.8. The van der Waals surface area contributed by atoms with Gasteiger partial charge in [-0.25, -0.2) is 0 Å². The van der Waals surface area contributed by atoms with Gasteiger partial charge in [0.05, 0.1) is 12.7 Å². The maximum Gasteiger partial charge on any atom is 0.109 e. The summed E-state index contributed by atoms with van der Waals surface area (Å²) in [4.78, 5) is 0. The van der Waals surface area contributed by atoms with Gasteiger partial charge in [0.15, 0.2) is 0 Å². The predicted molar refractivity (Wildman–Crippen MR) is 40.2 cm³/mol. The van der Waals surface area contributed by atoms with Crippen LogP contribution < -0.4 is 0 Å². The van der Waals surface area contributed by atoms with E-state index in [1.54, 1.807) is 6.92 Å². The molecule has 3 N–H and O–H groups in total. The van der Waals surface area contributed by atoms with E-state index in [2.05, 4.69) is 0 Å². The first-order valence-electron chi connectivity index (χ1n) is 3.72. The van der Waals surface area contributed by atoms with Crippen molar-refractivity contribution in [2.24, 2.45) is 0 Å². The summed E-state index contributed by atoms with van der Waals surface area (Å²) in [5.74, 6) is 0. The van der Waals surface area contributed by atoms with Crippen LogP contribution in [0.3, 0.4) is 0 Å². The molecule has 11 heavy (non-hydrogen) atoms. The van der Waals surface area contributed by atoms with Crippen LogP contribution >= 0.6 is 0 Å². The van der Waals surface area contributed by atoms with Crippen LogP contribution in [0.15, 0.2) is 0 Å². The summed E-state index contributed by atoms with van der Waals surface area (Å²) in [5.41, 5.74) is 0. The highest BCUT2D eigenvalue weighted by Gasteiger charge is 2.22. The molecule has 0 heterocycles. The van der Waals surface area contributed by atoms with E-state index in [-0.39, 0.29) is 6.61 Å². The summed E-state index contributed by atoms with van der Waals surface area (Å²) in [6, 6.07) is 0. The third-order valence-electron chi connectivity index (χ3n) is 1.44. The van der Waals surface area contributed by atoms with E-state index in [1.165, 1.54) is 6.92 Å². The van der Waals surface area contributed by atoms with Gasteiger partial charge in [-0.3, -0.25) is 0 Å². The Hall–Kier alpha value is -0.160. The second kappa shape index (κ2) is 5.49. The Kier molecular flexibility index (Phi) is 5.41. The molecule has 0 spiro atoms. The molecule has 4 nitrogen and oxygen atoms in total. The Morgan fingerprint density at radius 1 is 1.36 bits per heavy atom. The Labute approximate surface area is 66.4 Å². The van der Waals surface area contributed by atoms with Gasteiger partial charge in [-0.05, 0) is 13.8 Å².